The molecular weight excluding hydrogens is 605 g/mol. The van der Waals surface area contributed by atoms with E-state index in [1.54, 1.807) is 12.1 Å². The van der Waals surface area contributed by atoms with Crippen LogP contribution in [0.2, 0.25) is 0 Å². The maximum absolute atomic E-state index is 15.4. The molecule has 0 aliphatic rings. The first-order valence-electron chi connectivity index (χ1n) is 15.0. The van der Waals surface area contributed by atoms with Gasteiger partial charge < -0.3 is 18.9 Å². The Labute approximate surface area is 259 Å². The molecule has 0 aliphatic carbocycles. The van der Waals surface area contributed by atoms with Crippen molar-refractivity contribution in [2.45, 2.75) is 66.9 Å². The second-order valence-electron chi connectivity index (χ2n) is 11.4. The Hall–Kier alpha value is -3.63. The molecule has 0 heterocycles. The zero-order chi connectivity index (χ0) is 33.5. The Morgan fingerprint density at radius 2 is 1.00 bits per heavy atom. The highest BCUT2D eigenvalue weighted by Gasteiger charge is 2.42. The number of hydrogen-bond acceptors (Lipinski definition) is 4. The lowest BCUT2D eigenvalue weighted by atomic mass is 9.99. The molecule has 3 rings (SSSR count). The van der Waals surface area contributed by atoms with Gasteiger partial charge in [0, 0.05) is 24.3 Å². The van der Waals surface area contributed by atoms with E-state index in [1.165, 1.54) is 0 Å². The third kappa shape index (κ3) is 9.20. The van der Waals surface area contributed by atoms with Crippen molar-refractivity contribution in [1.82, 2.24) is 0 Å². The SMILES string of the molecule is CCC(C)COc1cc(OC[C@@H](C)CC)cc(OC[C@@H](C)CC)c1-c1cc(F)c(C(F)(F)Oc2cc(F)c(F)c(F)c2)c(F)c1. The second kappa shape index (κ2) is 15.6. The summed E-state index contributed by atoms with van der Waals surface area (Å²) in [5, 5.41) is 0. The lowest BCUT2D eigenvalue weighted by molar-refractivity contribution is -0.189. The molecule has 248 valence electrons. The molecule has 4 nitrogen and oxygen atoms in total. The van der Waals surface area contributed by atoms with Crippen LogP contribution in [0.4, 0.5) is 30.7 Å². The molecule has 0 fully saturated rings. The average Bonchev–Trinajstić information content (AvgIpc) is 2.98. The van der Waals surface area contributed by atoms with Crippen molar-refractivity contribution in [1.29, 1.82) is 0 Å². The van der Waals surface area contributed by atoms with Gasteiger partial charge in [0.05, 0.1) is 25.4 Å². The van der Waals surface area contributed by atoms with Crippen LogP contribution in [0.15, 0.2) is 36.4 Å². The predicted octanol–water partition coefficient (Wildman–Crippen LogP) is 10.5. The molecule has 0 aliphatic heterocycles. The standard InChI is InChI=1S/C34H39F7O4/c1-7-19(4)16-42-23-14-29(43-17-20(5)8-2)31(30(15-23)44-18-21(6)9-3)22-10-25(35)32(26(36)11-22)34(40,41)45-24-12-27(37)33(39)28(38)13-24/h10-15,19-21H,7-9,16-18H2,1-6H3/t19-,20-,21?/m0/s1. The van der Waals surface area contributed by atoms with Crippen LogP contribution in [-0.4, -0.2) is 19.8 Å². The normalized spacial score (nSPS) is 13.7. The zero-order valence-corrected chi connectivity index (χ0v) is 26.2. The highest BCUT2D eigenvalue weighted by atomic mass is 19.3. The third-order valence-corrected chi connectivity index (χ3v) is 7.54. The van der Waals surface area contributed by atoms with E-state index in [-0.39, 0.29) is 65.7 Å². The molecule has 0 amide bonds. The smallest absolute Gasteiger partial charge is 0.432 e. The van der Waals surface area contributed by atoms with Gasteiger partial charge in [0.25, 0.3) is 0 Å². The van der Waals surface area contributed by atoms with Gasteiger partial charge in [-0.05, 0) is 35.4 Å². The molecule has 45 heavy (non-hydrogen) atoms. The Kier molecular flexibility index (Phi) is 12.4. The first-order valence-corrected chi connectivity index (χ1v) is 15.0. The summed E-state index contributed by atoms with van der Waals surface area (Å²) in [4.78, 5) is 0. The molecule has 3 atom stereocenters. The number of benzene rings is 3. The fourth-order valence-electron chi connectivity index (χ4n) is 4.00. The van der Waals surface area contributed by atoms with Crippen LogP contribution in [-0.2, 0) is 6.11 Å². The fraction of sp³-hybridized carbons (Fsp3) is 0.471. The maximum Gasteiger partial charge on any atom is 0.432 e. The molecule has 0 radical (unpaired) electrons. The van der Waals surface area contributed by atoms with Gasteiger partial charge in [-0.3, -0.25) is 0 Å². The number of halogens is 7. The van der Waals surface area contributed by atoms with Crippen molar-refractivity contribution in [3.63, 3.8) is 0 Å². The van der Waals surface area contributed by atoms with Crippen LogP contribution in [0, 0.1) is 46.8 Å². The monoisotopic (exact) mass is 644 g/mol. The zero-order valence-electron chi connectivity index (χ0n) is 26.2. The number of ether oxygens (including phenoxy) is 4. The summed E-state index contributed by atoms with van der Waals surface area (Å²) in [6.45, 7) is 12.8. The van der Waals surface area contributed by atoms with Crippen LogP contribution in [0.5, 0.6) is 23.0 Å². The Morgan fingerprint density at radius 1 is 0.578 bits per heavy atom. The molecule has 11 heteroatoms. The lowest BCUT2D eigenvalue weighted by Gasteiger charge is -2.23. The Morgan fingerprint density at radius 3 is 1.42 bits per heavy atom. The lowest BCUT2D eigenvalue weighted by Crippen LogP contribution is -2.25. The predicted molar refractivity (Wildman–Crippen MR) is 157 cm³/mol. The molecule has 3 aromatic carbocycles. The van der Waals surface area contributed by atoms with E-state index < -0.39 is 46.5 Å². The molecule has 0 bridgehead atoms. The fourth-order valence-corrected chi connectivity index (χ4v) is 4.00. The van der Waals surface area contributed by atoms with Crippen molar-refractivity contribution in [2.75, 3.05) is 19.8 Å². The van der Waals surface area contributed by atoms with E-state index in [0.29, 0.717) is 24.5 Å². The first kappa shape index (κ1) is 35.8. The summed E-state index contributed by atoms with van der Waals surface area (Å²) < 4.78 is 124. The quantitative estimate of drug-likeness (QED) is 0.115. The van der Waals surface area contributed by atoms with E-state index in [2.05, 4.69) is 4.74 Å². The molecule has 0 saturated carbocycles. The van der Waals surface area contributed by atoms with Crippen molar-refractivity contribution in [3.8, 4) is 34.1 Å². The maximum atomic E-state index is 15.4. The van der Waals surface area contributed by atoms with Crippen LogP contribution in [0.25, 0.3) is 11.1 Å². The van der Waals surface area contributed by atoms with Gasteiger partial charge >= 0.3 is 6.11 Å². The van der Waals surface area contributed by atoms with Crippen molar-refractivity contribution in [3.05, 3.63) is 71.0 Å². The first-order chi connectivity index (χ1) is 21.2. The topological polar surface area (TPSA) is 36.9 Å². The van der Waals surface area contributed by atoms with Gasteiger partial charge in [-0.1, -0.05) is 60.8 Å². The highest BCUT2D eigenvalue weighted by Crippen LogP contribution is 2.45. The average molecular weight is 645 g/mol. The minimum absolute atomic E-state index is 0.111. The molecule has 0 saturated heterocycles. The van der Waals surface area contributed by atoms with E-state index in [9.17, 15) is 13.2 Å². The van der Waals surface area contributed by atoms with E-state index >= 15 is 17.6 Å². The molecule has 0 spiro atoms. The van der Waals surface area contributed by atoms with Crippen LogP contribution >= 0.6 is 0 Å². The summed E-state index contributed by atoms with van der Waals surface area (Å²) in [5.74, 6) is -8.95. The second-order valence-corrected chi connectivity index (χ2v) is 11.4. The van der Waals surface area contributed by atoms with Crippen LogP contribution in [0.3, 0.4) is 0 Å². The van der Waals surface area contributed by atoms with Gasteiger partial charge in [0.1, 0.15) is 40.2 Å². The van der Waals surface area contributed by atoms with Crippen molar-refractivity contribution >= 4 is 0 Å². The Bertz CT molecular complexity index is 1370. The summed E-state index contributed by atoms with van der Waals surface area (Å²) in [7, 11) is 0. The number of hydrogen-bond donors (Lipinski definition) is 0. The molecule has 0 aromatic heterocycles. The number of alkyl halides is 2. The minimum Gasteiger partial charge on any atom is -0.493 e. The Balaban J connectivity index is 2.14. The molecule has 3 aromatic rings. The third-order valence-electron chi connectivity index (χ3n) is 7.54. The highest BCUT2D eigenvalue weighted by molar-refractivity contribution is 5.78. The summed E-state index contributed by atoms with van der Waals surface area (Å²) in [6, 6.07) is 4.75. The minimum atomic E-state index is -4.73. The van der Waals surface area contributed by atoms with Crippen LogP contribution in [0.1, 0.15) is 66.4 Å². The largest absolute Gasteiger partial charge is 0.493 e. The van der Waals surface area contributed by atoms with E-state index in [0.717, 1.165) is 19.3 Å². The molecule has 1 unspecified atom stereocenters. The van der Waals surface area contributed by atoms with Crippen molar-refractivity contribution in [2.24, 2.45) is 17.8 Å². The molecule has 0 N–H and O–H groups in total. The van der Waals surface area contributed by atoms with Gasteiger partial charge in [0.2, 0.25) is 0 Å². The van der Waals surface area contributed by atoms with Gasteiger partial charge in [-0.2, -0.15) is 8.78 Å². The summed E-state index contributed by atoms with van der Waals surface area (Å²) >= 11 is 0. The summed E-state index contributed by atoms with van der Waals surface area (Å²) in [6.07, 6.45) is -2.29. The van der Waals surface area contributed by atoms with Crippen LogP contribution < -0.4 is 18.9 Å². The van der Waals surface area contributed by atoms with E-state index in [1.807, 2.05) is 41.5 Å². The van der Waals surface area contributed by atoms with E-state index in [4.69, 9.17) is 14.2 Å². The van der Waals surface area contributed by atoms with Gasteiger partial charge in [0.15, 0.2) is 17.5 Å². The van der Waals surface area contributed by atoms with Gasteiger partial charge in [-0.25, -0.2) is 22.0 Å². The molecular formula is C34H39F7O4. The summed E-state index contributed by atoms with van der Waals surface area (Å²) in [5.41, 5.74) is -1.86. The number of rotatable bonds is 16. The van der Waals surface area contributed by atoms with Crippen molar-refractivity contribution < 1.29 is 49.7 Å². The van der Waals surface area contributed by atoms with Gasteiger partial charge in [-0.15, -0.1) is 0 Å².